The molecule has 102 valence electrons. The van der Waals surface area contributed by atoms with Gasteiger partial charge in [0, 0.05) is 14.5 Å². The molecule has 0 saturated heterocycles. The zero-order valence-corrected chi connectivity index (χ0v) is 14.8. The van der Waals surface area contributed by atoms with Gasteiger partial charge in [0.15, 0.2) is 0 Å². The SMILES string of the molecule is BrCC(Cc1csc2ccccc12)c1cccc(Br)c1. The quantitative estimate of drug-likeness (QED) is 0.438. The highest BCUT2D eigenvalue weighted by atomic mass is 79.9. The Balaban J connectivity index is 1.92. The fraction of sp³-hybridized carbons (Fsp3) is 0.176. The minimum absolute atomic E-state index is 0.505. The van der Waals surface area contributed by atoms with Crippen LogP contribution >= 0.6 is 43.2 Å². The summed E-state index contributed by atoms with van der Waals surface area (Å²) < 4.78 is 2.53. The second kappa shape index (κ2) is 6.42. The molecule has 0 N–H and O–H groups in total. The van der Waals surface area contributed by atoms with Crippen molar-refractivity contribution in [1.29, 1.82) is 0 Å². The van der Waals surface area contributed by atoms with Gasteiger partial charge in [-0.1, -0.05) is 62.2 Å². The van der Waals surface area contributed by atoms with Crippen molar-refractivity contribution in [3.63, 3.8) is 0 Å². The molecular weight excluding hydrogens is 396 g/mol. The first kappa shape index (κ1) is 14.3. The van der Waals surface area contributed by atoms with Crippen LogP contribution in [0, 0.1) is 0 Å². The number of hydrogen-bond acceptors (Lipinski definition) is 1. The van der Waals surface area contributed by atoms with E-state index in [4.69, 9.17) is 0 Å². The fourth-order valence-corrected chi connectivity index (χ4v) is 4.47. The third-order valence-electron chi connectivity index (χ3n) is 3.53. The average molecular weight is 410 g/mol. The van der Waals surface area contributed by atoms with Crippen molar-refractivity contribution in [3.05, 3.63) is 69.5 Å². The van der Waals surface area contributed by atoms with Crippen LogP contribution in [0.1, 0.15) is 17.0 Å². The molecule has 0 amide bonds. The second-order valence-corrected chi connectivity index (χ2v) is 7.34. The molecule has 20 heavy (non-hydrogen) atoms. The predicted octanol–water partition coefficient (Wildman–Crippen LogP) is 6.39. The van der Waals surface area contributed by atoms with Gasteiger partial charge in [-0.15, -0.1) is 11.3 Å². The van der Waals surface area contributed by atoms with Crippen molar-refractivity contribution in [2.75, 3.05) is 5.33 Å². The van der Waals surface area contributed by atoms with Crippen LogP contribution in [-0.2, 0) is 6.42 Å². The summed E-state index contributed by atoms with van der Waals surface area (Å²) in [5.41, 5.74) is 2.83. The first-order valence-corrected chi connectivity index (χ1v) is 9.34. The van der Waals surface area contributed by atoms with Crippen LogP contribution in [0.15, 0.2) is 58.4 Å². The Labute approximate surface area is 140 Å². The molecule has 0 aliphatic carbocycles. The molecular formula is C17H14Br2S. The highest BCUT2D eigenvalue weighted by Crippen LogP contribution is 2.31. The van der Waals surface area contributed by atoms with Gasteiger partial charge in [0.1, 0.15) is 0 Å². The van der Waals surface area contributed by atoms with Crippen LogP contribution in [0.2, 0.25) is 0 Å². The van der Waals surface area contributed by atoms with Crippen LogP contribution in [0.5, 0.6) is 0 Å². The molecule has 3 heteroatoms. The van der Waals surface area contributed by atoms with Crippen molar-refractivity contribution < 1.29 is 0 Å². The molecule has 1 atom stereocenters. The molecule has 0 saturated carbocycles. The van der Waals surface area contributed by atoms with Gasteiger partial charge in [-0.3, -0.25) is 0 Å². The fourth-order valence-electron chi connectivity index (χ4n) is 2.48. The molecule has 2 aromatic carbocycles. The minimum atomic E-state index is 0.505. The Bertz CT molecular complexity index is 718. The molecule has 1 aromatic heterocycles. The van der Waals surface area contributed by atoms with Crippen molar-refractivity contribution in [3.8, 4) is 0 Å². The molecule has 3 aromatic rings. The number of benzene rings is 2. The van der Waals surface area contributed by atoms with Gasteiger partial charge < -0.3 is 0 Å². The van der Waals surface area contributed by atoms with Crippen molar-refractivity contribution >= 4 is 53.3 Å². The van der Waals surface area contributed by atoms with Gasteiger partial charge in [0.2, 0.25) is 0 Å². The van der Waals surface area contributed by atoms with E-state index in [1.54, 1.807) is 0 Å². The molecule has 0 spiro atoms. The molecule has 0 fully saturated rings. The molecule has 3 rings (SSSR count). The first-order chi connectivity index (χ1) is 9.78. The van der Waals surface area contributed by atoms with Crippen molar-refractivity contribution in [2.24, 2.45) is 0 Å². The highest BCUT2D eigenvalue weighted by molar-refractivity contribution is 9.10. The summed E-state index contributed by atoms with van der Waals surface area (Å²) in [5, 5.41) is 4.69. The summed E-state index contributed by atoms with van der Waals surface area (Å²) in [7, 11) is 0. The standard InChI is InChI=1S/C17H14Br2S/c18-10-13(12-4-3-5-15(19)9-12)8-14-11-20-17-7-2-1-6-16(14)17/h1-7,9,11,13H,8,10H2. The van der Waals surface area contributed by atoms with Crippen LogP contribution < -0.4 is 0 Å². The molecule has 0 radical (unpaired) electrons. The first-order valence-electron chi connectivity index (χ1n) is 6.54. The maximum absolute atomic E-state index is 3.68. The van der Waals surface area contributed by atoms with E-state index in [9.17, 15) is 0 Å². The van der Waals surface area contributed by atoms with Gasteiger partial charge in [-0.25, -0.2) is 0 Å². The summed E-state index contributed by atoms with van der Waals surface area (Å²) >= 11 is 9.08. The van der Waals surface area contributed by atoms with Crippen molar-refractivity contribution in [1.82, 2.24) is 0 Å². The number of fused-ring (bicyclic) bond motifs is 1. The summed E-state index contributed by atoms with van der Waals surface area (Å²) in [6.07, 6.45) is 1.08. The number of hydrogen-bond donors (Lipinski definition) is 0. The molecule has 1 heterocycles. The van der Waals surface area contributed by atoms with E-state index in [0.717, 1.165) is 16.2 Å². The Hall–Kier alpha value is -0.640. The van der Waals surface area contributed by atoms with E-state index >= 15 is 0 Å². The number of rotatable bonds is 4. The minimum Gasteiger partial charge on any atom is -0.144 e. The molecule has 0 aliphatic heterocycles. The lowest BCUT2D eigenvalue weighted by Gasteiger charge is -2.14. The summed E-state index contributed by atoms with van der Waals surface area (Å²) in [6.45, 7) is 0. The molecule has 0 nitrogen and oxygen atoms in total. The normalized spacial score (nSPS) is 12.7. The maximum Gasteiger partial charge on any atom is 0.0345 e. The van der Waals surface area contributed by atoms with E-state index in [1.807, 2.05) is 11.3 Å². The zero-order chi connectivity index (χ0) is 13.9. The van der Waals surface area contributed by atoms with Gasteiger partial charge in [-0.2, -0.15) is 0 Å². The topological polar surface area (TPSA) is 0 Å². The van der Waals surface area contributed by atoms with Gasteiger partial charge in [0.25, 0.3) is 0 Å². The van der Waals surface area contributed by atoms with E-state index < -0.39 is 0 Å². The Morgan fingerprint density at radius 1 is 1.05 bits per heavy atom. The zero-order valence-electron chi connectivity index (χ0n) is 10.9. The lowest BCUT2D eigenvalue weighted by Crippen LogP contribution is -2.04. The monoisotopic (exact) mass is 408 g/mol. The maximum atomic E-state index is 3.68. The van der Waals surface area contributed by atoms with Crippen LogP contribution in [0.3, 0.4) is 0 Å². The smallest absolute Gasteiger partial charge is 0.0345 e. The van der Waals surface area contributed by atoms with Gasteiger partial charge >= 0.3 is 0 Å². The highest BCUT2D eigenvalue weighted by Gasteiger charge is 2.14. The Kier molecular flexibility index (Phi) is 4.59. The third-order valence-corrected chi connectivity index (χ3v) is 5.82. The average Bonchev–Trinajstić information content (AvgIpc) is 2.88. The van der Waals surface area contributed by atoms with Gasteiger partial charge in [0.05, 0.1) is 0 Å². The van der Waals surface area contributed by atoms with E-state index in [-0.39, 0.29) is 0 Å². The molecule has 0 aliphatic rings. The number of halogens is 2. The van der Waals surface area contributed by atoms with E-state index in [1.165, 1.54) is 21.2 Å². The number of thiophene rings is 1. The third kappa shape index (κ3) is 3.00. The molecule has 0 bridgehead atoms. The summed E-state index contributed by atoms with van der Waals surface area (Å²) in [5.74, 6) is 0.505. The Morgan fingerprint density at radius 2 is 1.90 bits per heavy atom. The largest absolute Gasteiger partial charge is 0.144 e. The summed E-state index contributed by atoms with van der Waals surface area (Å²) in [4.78, 5) is 0. The number of alkyl halides is 1. The van der Waals surface area contributed by atoms with Crippen LogP contribution in [0.25, 0.3) is 10.1 Å². The van der Waals surface area contributed by atoms with E-state index in [0.29, 0.717) is 5.92 Å². The van der Waals surface area contributed by atoms with Crippen LogP contribution in [0.4, 0.5) is 0 Å². The lowest BCUT2D eigenvalue weighted by atomic mass is 9.93. The summed E-state index contributed by atoms with van der Waals surface area (Å²) in [6, 6.07) is 17.3. The van der Waals surface area contributed by atoms with E-state index in [2.05, 4.69) is 85.8 Å². The Morgan fingerprint density at radius 3 is 2.70 bits per heavy atom. The second-order valence-electron chi connectivity index (χ2n) is 4.87. The lowest BCUT2D eigenvalue weighted by molar-refractivity contribution is 0.781. The van der Waals surface area contributed by atoms with Crippen molar-refractivity contribution in [2.45, 2.75) is 12.3 Å². The predicted molar refractivity (Wildman–Crippen MR) is 96.2 cm³/mol. The molecule has 1 unspecified atom stereocenters. The van der Waals surface area contributed by atoms with Crippen LogP contribution in [-0.4, -0.2) is 5.33 Å². The van der Waals surface area contributed by atoms with Gasteiger partial charge in [-0.05, 0) is 52.4 Å².